The third kappa shape index (κ3) is 2.07. The molecule has 0 N–H and O–H groups in total. The number of hydrogen-bond acceptors (Lipinski definition) is 4. The number of rotatable bonds is 5. The first-order valence-electron chi connectivity index (χ1n) is 9.16. The molecular weight excluding hydrogens is 328 g/mol. The van der Waals surface area contributed by atoms with Gasteiger partial charge in [0.15, 0.2) is 11.2 Å². The Labute approximate surface area is 154 Å². The molecule has 0 aliphatic heterocycles. The molecule has 0 bridgehead atoms. The van der Waals surface area contributed by atoms with Crippen LogP contribution in [0.1, 0.15) is 51.0 Å². The van der Waals surface area contributed by atoms with E-state index < -0.39 is 0 Å². The van der Waals surface area contributed by atoms with Crippen LogP contribution in [-0.2, 0) is 10.2 Å². The Hall–Kier alpha value is -2.10. The highest BCUT2D eigenvalue weighted by molar-refractivity contribution is 5.96. The van der Waals surface area contributed by atoms with Crippen LogP contribution in [0.2, 0.25) is 0 Å². The standard InChI is InChI=1S/C22H28O4/c1-9-15(23)12(3)16-11(2)10-21(6)18(16)22(21,7)19-13(4)17(24)14(5)20(25-8)26-19/h10,16,18H,3,9H2,1-2,4-8H3/t16-,18?,21+,22?/m1/s1. The topological polar surface area (TPSA) is 56.5 Å². The molecule has 4 atom stereocenters. The number of fused-ring (bicyclic) bond motifs is 1. The summed E-state index contributed by atoms with van der Waals surface area (Å²) in [4.78, 5) is 25.0. The van der Waals surface area contributed by atoms with E-state index in [4.69, 9.17) is 9.15 Å². The molecule has 4 heteroatoms. The molecule has 0 spiro atoms. The summed E-state index contributed by atoms with van der Waals surface area (Å²) in [6.45, 7) is 15.9. The summed E-state index contributed by atoms with van der Waals surface area (Å²) in [6, 6.07) is 0. The number of methoxy groups -OCH3 is 1. The Bertz CT molecular complexity index is 903. The van der Waals surface area contributed by atoms with Gasteiger partial charge in [0.25, 0.3) is 5.95 Å². The average molecular weight is 356 g/mol. The van der Waals surface area contributed by atoms with Crippen LogP contribution in [-0.4, -0.2) is 12.9 Å². The Morgan fingerprint density at radius 3 is 2.42 bits per heavy atom. The van der Waals surface area contributed by atoms with E-state index in [9.17, 15) is 9.59 Å². The van der Waals surface area contributed by atoms with Crippen LogP contribution < -0.4 is 10.2 Å². The molecule has 4 nitrogen and oxygen atoms in total. The van der Waals surface area contributed by atoms with Gasteiger partial charge >= 0.3 is 0 Å². The Balaban J connectivity index is 2.15. The lowest BCUT2D eigenvalue weighted by molar-refractivity contribution is -0.115. The number of allylic oxidation sites excluding steroid dienone is 3. The normalized spacial score (nSPS) is 32.0. The minimum atomic E-state index is -0.363. The molecule has 2 aliphatic rings. The van der Waals surface area contributed by atoms with E-state index in [1.54, 1.807) is 6.92 Å². The van der Waals surface area contributed by atoms with E-state index in [1.807, 2.05) is 13.8 Å². The van der Waals surface area contributed by atoms with E-state index in [1.165, 1.54) is 12.7 Å². The third-order valence-corrected chi connectivity index (χ3v) is 6.89. The molecule has 140 valence electrons. The molecule has 1 aromatic rings. The monoisotopic (exact) mass is 356 g/mol. The highest BCUT2D eigenvalue weighted by atomic mass is 16.6. The zero-order chi connectivity index (χ0) is 19.6. The first-order chi connectivity index (χ1) is 12.1. The van der Waals surface area contributed by atoms with Crippen molar-refractivity contribution in [3.8, 4) is 5.95 Å². The van der Waals surface area contributed by atoms with Crippen molar-refractivity contribution in [3.05, 3.63) is 50.9 Å². The number of hydrogen-bond donors (Lipinski definition) is 0. The zero-order valence-electron chi connectivity index (χ0n) is 16.8. The quantitative estimate of drug-likeness (QED) is 0.584. The second-order valence-corrected chi connectivity index (χ2v) is 8.13. The second-order valence-electron chi connectivity index (χ2n) is 8.13. The van der Waals surface area contributed by atoms with Gasteiger partial charge in [-0.1, -0.05) is 39.0 Å². The zero-order valence-corrected chi connectivity index (χ0v) is 16.8. The minimum Gasteiger partial charge on any atom is -0.468 e. The van der Waals surface area contributed by atoms with Gasteiger partial charge in [0.2, 0.25) is 0 Å². The van der Waals surface area contributed by atoms with Crippen molar-refractivity contribution in [2.24, 2.45) is 17.3 Å². The van der Waals surface area contributed by atoms with Gasteiger partial charge < -0.3 is 9.15 Å². The summed E-state index contributed by atoms with van der Waals surface area (Å²) < 4.78 is 11.4. The SMILES string of the molecule is C=C(C(=O)CC)[C@H]1C(C)=C[C@@]2(C)C1C2(C)c1oc(OC)c(C)c(=O)c1C. The predicted octanol–water partition coefficient (Wildman–Crippen LogP) is 4.27. The summed E-state index contributed by atoms with van der Waals surface area (Å²) in [5, 5.41) is 0. The third-order valence-electron chi connectivity index (χ3n) is 6.89. The number of ketones is 1. The fourth-order valence-corrected chi connectivity index (χ4v) is 5.29. The average Bonchev–Trinajstić information content (AvgIpc) is 2.92. The van der Waals surface area contributed by atoms with Crippen molar-refractivity contribution in [3.63, 3.8) is 0 Å². The molecule has 2 aliphatic carbocycles. The van der Waals surface area contributed by atoms with E-state index in [0.29, 0.717) is 28.9 Å². The van der Waals surface area contributed by atoms with Crippen LogP contribution in [0.5, 0.6) is 5.95 Å². The van der Waals surface area contributed by atoms with Crippen LogP contribution in [0.25, 0.3) is 0 Å². The molecule has 1 aromatic heterocycles. The van der Waals surface area contributed by atoms with Gasteiger partial charge in [-0.3, -0.25) is 9.59 Å². The van der Waals surface area contributed by atoms with Crippen molar-refractivity contribution in [2.75, 3.05) is 7.11 Å². The molecule has 2 unspecified atom stereocenters. The lowest BCUT2D eigenvalue weighted by atomic mass is 9.80. The summed E-state index contributed by atoms with van der Waals surface area (Å²) in [6.07, 6.45) is 2.69. The fourth-order valence-electron chi connectivity index (χ4n) is 5.29. The first kappa shape index (κ1) is 18.7. The van der Waals surface area contributed by atoms with E-state index in [0.717, 1.165) is 0 Å². The van der Waals surface area contributed by atoms with E-state index in [2.05, 4.69) is 33.4 Å². The smallest absolute Gasteiger partial charge is 0.291 e. The summed E-state index contributed by atoms with van der Waals surface area (Å²) >= 11 is 0. The van der Waals surface area contributed by atoms with Gasteiger partial charge in [-0.25, -0.2) is 0 Å². The van der Waals surface area contributed by atoms with Crippen molar-refractivity contribution >= 4 is 5.78 Å². The molecule has 0 aromatic carbocycles. The van der Waals surface area contributed by atoms with Crippen molar-refractivity contribution in [1.29, 1.82) is 0 Å². The minimum absolute atomic E-state index is 0.00514. The van der Waals surface area contributed by atoms with Gasteiger partial charge in [-0.05, 0) is 32.3 Å². The van der Waals surface area contributed by atoms with Gasteiger partial charge in [0, 0.05) is 28.7 Å². The lowest BCUT2D eigenvalue weighted by Crippen LogP contribution is -2.24. The number of Topliss-reactive ketones (excluding diaryl/α,β-unsaturated/α-hetero) is 1. The summed E-state index contributed by atoms with van der Waals surface area (Å²) in [5.74, 6) is 1.19. The number of carbonyl (C=O) groups is 1. The van der Waals surface area contributed by atoms with Crippen molar-refractivity contribution in [2.45, 2.75) is 53.4 Å². The van der Waals surface area contributed by atoms with Crippen LogP contribution in [0, 0.1) is 31.1 Å². The second kappa shape index (κ2) is 5.70. The highest BCUT2D eigenvalue weighted by Crippen LogP contribution is 2.78. The Morgan fingerprint density at radius 1 is 1.27 bits per heavy atom. The van der Waals surface area contributed by atoms with Gasteiger partial charge in [0.1, 0.15) is 5.76 Å². The maximum Gasteiger partial charge on any atom is 0.291 e. The molecule has 1 heterocycles. The molecule has 0 amide bonds. The van der Waals surface area contributed by atoms with Crippen molar-refractivity contribution in [1.82, 2.24) is 0 Å². The largest absolute Gasteiger partial charge is 0.468 e. The van der Waals surface area contributed by atoms with E-state index >= 15 is 0 Å². The van der Waals surface area contributed by atoms with Gasteiger partial charge in [-0.2, -0.15) is 0 Å². The number of carbonyl (C=O) groups excluding carboxylic acids is 1. The molecular formula is C22H28O4. The molecule has 1 saturated carbocycles. The fraction of sp³-hybridized carbons (Fsp3) is 0.545. The van der Waals surface area contributed by atoms with Gasteiger partial charge in [0.05, 0.1) is 12.7 Å². The predicted molar refractivity (Wildman–Crippen MR) is 102 cm³/mol. The first-order valence-corrected chi connectivity index (χ1v) is 9.16. The van der Waals surface area contributed by atoms with Gasteiger partial charge in [-0.15, -0.1) is 0 Å². The molecule has 26 heavy (non-hydrogen) atoms. The Morgan fingerprint density at radius 2 is 1.88 bits per heavy atom. The van der Waals surface area contributed by atoms with Crippen LogP contribution >= 0.6 is 0 Å². The number of ether oxygens (including phenoxy) is 1. The van der Waals surface area contributed by atoms with Crippen molar-refractivity contribution < 1.29 is 13.9 Å². The molecule has 1 fully saturated rings. The summed E-state index contributed by atoms with van der Waals surface area (Å²) in [5.41, 5.74) is 2.39. The van der Waals surface area contributed by atoms with E-state index in [-0.39, 0.29) is 39.8 Å². The summed E-state index contributed by atoms with van der Waals surface area (Å²) in [7, 11) is 1.51. The molecule has 3 rings (SSSR count). The van der Waals surface area contributed by atoms with Crippen LogP contribution in [0.3, 0.4) is 0 Å². The lowest BCUT2D eigenvalue weighted by Gasteiger charge is -2.24. The maximum atomic E-state index is 12.7. The highest BCUT2D eigenvalue weighted by Gasteiger charge is 2.77. The van der Waals surface area contributed by atoms with Crippen LogP contribution in [0.15, 0.2) is 33.0 Å². The Kier molecular flexibility index (Phi) is 4.10. The van der Waals surface area contributed by atoms with Crippen LogP contribution in [0.4, 0.5) is 0 Å². The molecule has 0 saturated heterocycles. The maximum absolute atomic E-state index is 12.7. The molecule has 0 radical (unpaired) electrons.